The maximum absolute atomic E-state index is 12.5. The van der Waals surface area contributed by atoms with Crippen molar-refractivity contribution in [3.63, 3.8) is 0 Å². The quantitative estimate of drug-likeness (QED) is 0.738. The smallest absolute Gasteiger partial charge is 0.285 e. The number of hydrogen-bond donors (Lipinski definition) is 0. The fourth-order valence-electron chi connectivity index (χ4n) is 1.78. The number of carbonyl (C=O) groups excluding carboxylic acids is 1. The van der Waals surface area contributed by atoms with Gasteiger partial charge >= 0.3 is 6.18 Å². The third kappa shape index (κ3) is 2.18. The van der Waals surface area contributed by atoms with Crippen molar-refractivity contribution in [3.8, 4) is 0 Å². The highest BCUT2D eigenvalue weighted by molar-refractivity contribution is 6.00. The number of hydrogen-bond acceptors (Lipinski definition) is 1. The Morgan fingerprint density at radius 3 is 2.53 bits per heavy atom. The summed E-state index contributed by atoms with van der Waals surface area (Å²) < 4.78 is 37.6. The molecule has 0 atom stereocenters. The molecule has 1 aliphatic heterocycles. The molecule has 1 aliphatic rings. The lowest BCUT2D eigenvalue weighted by molar-refractivity contribution is -0.137. The van der Waals surface area contributed by atoms with Gasteiger partial charge in [0.15, 0.2) is 0 Å². The minimum atomic E-state index is -4.39. The van der Waals surface area contributed by atoms with Gasteiger partial charge in [-0.25, -0.2) is 0 Å². The molecule has 0 aliphatic carbocycles. The predicted octanol–water partition coefficient (Wildman–Crippen LogP) is 3.35. The highest BCUT2D eigenvalue weighted by Gasteiger charge is 2.32. The van der Waals surface area contributed by atoms with Crippen LogP contribution in [0.1, 0.15) is 18.9 Å². The molecule has 2 rings (SSSR count). The standard InChI is InChI=1S/C12H10F3NO/c1-8-5-6-11(17)16(8)10-4-2-3-9(7-10)12(13,14)15/h2-5,7H,6H2,1H3. The number of halogens is 3. The Balaban J connectivity index is 2.41. The molecule has 0 N–H and O–H groups in total. The predicted molar refractivity (Wildman–Crippen MR) is 57.3 cm³/mol. The van der Waals surface area contributed by atoms with Crippen molar-refractivity contribution in [2.75, 3.05) is 4.90 Å². The summed E-state index contributed by atoms with van der Waals surface area (Å²) in [5.74, 6) is -0.207. The molecular formula is C12H10F3NO. The monoisotopic (exact) mass is 241 g/mol. The van der Waals surface area contributed by atoms with Crippen molar-refractivity contribution in [1.29, 1.82) is 0 Å². The van der Waals surface area contributed by atoms with Crippen LogP contribution in [0.3, 0.4) is 0 Å². The summed E-state index contributed by atoms with van der Waals surface area (Å²) in [6.45, 7) is 1.70. The van der Waals surface area contributed by atoms with Gasteiger partial charge in [-0.15, -0.1) is 0 Å². The van der Waals surface area contributed by atoms with E-state index in [0.29, 0.717) is 5.70 Å². The molecule has 0 aromatic heterocycles. The summed E-state index contributed by atoms with van der Waals surface area (Å²) in [4.78, 5) is 12.8. The largest absolute Gasteiger partial charge is 0.416 e. The van der Waals surface area contributed by atoms with Crippen molar-refractivity contribution in [3.05, 3.63) is 41.6 Å². The van der Waals surface area contributed by atoms with Gasteiger partial charge < -0.3 is 0 Å². The van der Waals surface area contributed by atoms with E-state index in [4.69, 9.17) is 0 Å². The van der Waals surface area contributed by atoms with E-state index < -0.39 is 11.7 Å². The van der Waals surface area contributed by atoms with Crippen molar-refractivity contribution >= 4 is 11.6 Å². The van der Waals surface area contributed by atoms with Crippen LogP contribution in [-0.2, 0) is 11.0 Å². The van der Waals surface area contributed by atoms with E-state index in [2.05, 4.69) is 0 Å². The summed E-state index contributed by atoms with van der Waals surface area (Å²) >= 11 is 0. The van der Waals surface area contributed by atoms with Crippen molar-refractivity contribution < 1.29 is 18.0 Å². The number of anilines is 1. The van der Waals surface area contributed by atoms with Crippen LogP contribution < -0.4 is 4.90 Å². The SMILES string of the molecule is CC1=CCC(=O)N1c1cccc(C(F)(F)F)c1. The Hall–Kier alpha value is -1.78. The van der Waals surface area contributed by atoms with Gasteiger partial charge in [0, 0.05) is 17.8 Å². The fourth-order valence-corrected chi connectivity index (χ4v) is 1.78. The molecule has 0 fully saturated rings. The number of amides is 1. The lowest BCUT2D eigenvalue weighted by Gasteiger charge is -2.19. The average Bonchev–Trinajstić information content (AvgIpc) is 2.57. The van der Waals surface area contributed by atoms with Gasteiger partial charge in [0.25, 0.3) is 0 Å². The Morgan fingerprint density at radius 2 is 2.00 bits per heavy atom. The van der Waals surface area contributed by atoms with Gasteiger partial charge in [0.2, 0.25) is 5.91 Å². The third-order valence-electron chi connectivity index (χ3n) is 2.61. The second-order valence-corrected chi connectivity index (χ2v) is 3.83. The van der Waals surface area contributed by atoms with Gasteiger partial charge in [-0.3, -0.25) is 9.69 Å². The molecule has 17 heavy (non-hydrogen) atoms. The first-order valence-electron chi connectivity index (χ1n) is 5.06. The number of alkyl halides is 3. The van der Waals surface area contributed by atoms with Crippen LogP contribution >= 0.6 is 0 Å². The topological polar surface area (TPSA) is 20.3 Å². The number of rotatable bonds is 1. The molecule has 0 radical (unpaired) electrons. The summed E-state index contributed by atoms with van der Waals surface area (Å²) in [6.07, 6.45) is -2.46. The summed E-state index contributed by atoms with van der Waals surface area (Å²) in [5, 5.41) is 0. The van der Waals surface area contributed by atoms with Crippen molar-refractivity contribution in [2.24, 2.45) is 0 Å². The molecule has 1 aromatic rings. The van der Waals surface area contributed by atoms with E-state index >= 15 is 0 Å². The second kappa shape index (κ2) is 3.91. The first-order valence-corrected chi connectivity index (χ1v) is 5.06. The maximum Gasteiger partial charge on any atom is 0.416 e. The Labute approximate surface area is 96.3 Å². The van der Waals surface area contributed by atoms with E-state index in [0.717, 1.165) is 12.1 Å². The average molecular weight is 241 g/mol. The van der Waals surface area contributed by atoms with Crippen molar-refractivity contribution in [1.82, 2.24) is 0 Å². The normalized spacial score (nSPS) is 16.4. The van der Waals surface area contributed by atoms with E-state index in [1.807, 2.05) is 0 Å². The maximum atomic E-state index is 12.5. The first-order chi connectivity index (χ1) is 7.89. The molecule has 1 heterocycles. The van der Waals surface area contributed by atoms with Crippen LogP contribution in [0, 0.1) is 0 Å². The number of carbonyl (C=O) groups is 1. The van der Waals surface area contributed by atoms with E-state index in [9.17, 15) is 18.0 Å². The van der Waals surface area contributed by atoms with Gasteiger partial charge in [-0.1, -0.05) is 12.1 Å². The molecule has 1 amide bonds. The van der Waals surface area contributed by atoms with Gasteiger partial charge in [-0.05, 0) is 25.1 Å². The van der Waals surface area contributed by atoms with Crippen molar-refractivity contribution in [2.45, 2.75) is 19.5 Å². The second-order valence-electron chi connectivity index (χ2n) is 3.83. The third-order valence-corrected chi connectivity index (χ3v) is 2.61. The van der Waals surface area contributed by atoms with Gasteiger partial charge in [0.1, 0.15) is 0 Å². The van der Waals surface area contributed by atoms with Crippen LogP contribution in [0.2, 0.25) is 0 Å². The molecule has 90 valence electrons. The highest BCUT2D eigenvalue weighted by Crippen LogP contribution is 2.33. The molecule has 0 bridgehead atoms. The van der Waals surface area contributed by atoms with Crippen LogP contribution in [0.15, 0.2) is 36.0 Å². The minimum Gasteiger partial charge on any atom is -0.285 e. The molecule has 1 aromatic carbocycles. The summed E-state index contributed by atoms with van der Waals surface area (Å²) in [5.41, 5.74) is 0.174. The zero-order valence-electron chi connectivity index (χ0n) is 9.08. The van der Waals surface area contributed by atoms with Crippen LogP contribution in [0.5, 0.6) is 0 Å². The molecule has 0 saturated carbocycles. The van der Waals surface area contributed by atoms with Crippen LogP contribution in [0.4, 0.5) is 18.9 Å². The highest BCUT2D eigenvalue weighted by atomic mass is 19.4. The lowest BCUT2D eigenvalue weighted by Crippen LogP contribution is -2.23. The lowest BCUT2D eigenvalue weighted by atomic mass is 10.2. The zero-order chi connectivity index (χ0) is 12.6. The van der Waals surface area contributed by atoms with E-state index in [1.54, 1.807) is 13.0 Å². The van der Waals surface area contributed by atoms with E-state index in [-0.39, 0.29) is 18.0 Å². The number of benzene rings is 1. The molecule has 0 saturated heterocycles. The first kappa shape index (κ1) is 11.7. The summed E-state index contributed by atoms with van der Waals surface area (Å²) in [6, 6.07) is 4.77. The Kier molecular flexibility index (Phi) is 2.69. The minimum absolute atomic E-state index is 0.207. The van der Waals surface area contributed by atoms with Gasteiger partial charge in [0.05, 0.1) is 5.56 Å². The van der Waals surface area contributed by atoms with Crippen LogP contribution in [-0.4, -0.2) is 5.91 Å². The Bertz CT molecular complexity index is 491. The number of nitrogens with zero attached hydrogens (tertiary/aromatic N) is 1. The zero-order valence-corrected chi connectivity index (χ0v) is 9.08. The molecule has 2 nitrogen and oxygen atoms in total. The summed E-state index contributed by atoms with van der Waals surface area (Å²) in [7, 11) is 0. The molecular weight excluding hydrogens is 231 g/mol. The van der Waals surface area contributed by atoms with E-state index in [1.165, 1.54) is 17.0 Å². The molecule has 0 unspecified atom stereocenters. The number of allylic oxidation sites excluding steroid dienone is 1. The fraction of sp³-hybridized carbons (Fsp3) is 0.250. The van der Waals surface area contributed by atoms with Gasteiger partial charge in [-0.2, -0.15) is 13.2 Å². The van der Waals surface area contributed by atoms with Crippen LogP contribution in [0.25, 0.3) is 0 Å². The molecule has 5 heteroatoms. The molecule has 0 spiro atoms. The Morgan fingerprint density at radius 1 is 1.29 bits per heavy atom.